The molecule has 0 N–H and O–H groups in total. The van der Waals surface area contributed by atoms with Gasteiger partial charge >= 0.3 is 5.97 Å². The van der Waals surface area contributed by atoms with Crippen molar-refractivity contribution in [3.05, 3.63) is 29.5 Å². The van der Waals surface area contributed by atoms with Crippen molar-refractivity contribution in [2.75, 3.05) is 7.11 Å². The molecule has 3 rings (SSSR count). The third-order valence-corrected chi connectivity index (χ3v) is 4.60. The van der Waals surface area contributed by atoms with Crippen molar-refractivity contribution in [1.82, 2.24) is 19.9 Å². The van der Waals surface area contributed by atoms with Gasteiger partial charge in [-0.05, 0) is 25.8 Å². The van der Waals surface area contributed by atoms with Gasteiger partial charge in [-0.15, -0.1) is 11.3 Å². The van der Waals surface area contributed by atoms with Gasteiger partial charge in [0.2, 0.25) is 0 Å². The molecule has 116 valence electrons. The normalized spacial score (nSPS) is 15.8. The largest absolute Gasteiger partial charge is 0.468 e. The molecule has 0 radical (unpaired) electrons. The first kappa shape index (κ1) is 15.1. The van der Waals surface area contributed by atoms with E-state index in [9.17, 15) is 4.79 Å². The molecule has 0 spiro atoms. The summed E-state index contributed by atoms with van der Waals surface area (Å²) in [4.78, 5) is 27.0. The molecule has 0 aromatic carbocycles. The number of carbonyl (C=O) groups is 1. The summed E-state index contributed by atoms with van der Waals surface area (Å²) in [7, 11) is 1.43. The zero-order chi connectivity index (χ0) is 15.5. The average Bonchev–Trinajstić information content (AvgIpc) is 3.30. The van der Waals surface area contributed by atoms with Crippen molar-refractivity contribution in [2.45, 2.75) is 38.4 Å². The number of methoxy groups -OCH3 is 1. The molecule has 1 atom stereocenters. The fourth-order valence-corrected chi connectivity index (χ4v) is 3.13. The molecule has 0 bridgehead atoms. The van der Waals surface area contributed by atoms with Gasteiger partial charge in [-0.2, -0.15) is 0 Å². The van der Waals surface area contributed by atoms with Gasteiger partial charge in [-0.1, -0.05) is 0 Å². The Labute approximate surface area is 133 Å². The molecular weight excluding hydrogens is 300 g/mol. The summed E-state index contributed by atoms with van der Waals surface area (Å²) in [5, 5.41) is 2.81. The van der Waals surface area contributed by atoms with Crippen molar-refractivity contribution in [2.24, 2.45) is 0 Å². The summed E-state index contributed by atoms with van der Waals surface area (Å²) < 4.78 is 4.86. The molecule has 2 heterocycles. The van der Waals surface area contributed by atoms with E-state index in [0.29, 0.717) is 18.4 Å². The topological polar surface area (TPSA) is 68.2 Å². The van der Waals surface area contributed by atoms with Crippen LogP contribution in [0.2, 0.25) is 0 Å². The minimum absolute atomic E-state index is 0.200. The Kier molecular flexibility index (Phi) is 4.44. The predicted octanol–water partition coefficient (Wildman–Crippen LogP) is 2.13. The van der Waals surface area contributed by atoms with Crippen LogP contribution in [0.25, 0.3) is 10.8 Å². The highest BCUT2D eigenvalue weighted by Gasteiger charge is 2.35. The highest BCUT2D eigenvalue weighted by Crippen LogP contribution is 2.31. The van der Waals surface area contributed by atoms with Crippen molar-refractivity contribution >= 4 is 17.3 Å². The van der Waals surface area contributed by atoms with Crippen LogP contribution in [0.5, 0.6) is 0 Å². The molecule has 0 amide bonds. The second-order valence-corrected chi connectivity index (χ2v) is 6.18. The fraction of sp³-hybridized carbons (Fsp3) is 0.467. The van der Waals surface area contributed by atoms with E-state index < -0.39 is 0 Å². The Balaban J connectivity index is 1.74. The smallest absolute Gasteiger partial charge is 0.322 e. The summed E-state index contributed by atoms with van der Waals surface area (Å²) in [5.74, 6) is 0.437. The lowest BCUT2D eigenvalue weighted by Crippen LogP contribution is -2.40. The predicted molar refractivity (Wildman–Crippen MR) is 83.2 cm³/mol. The van der Waals surface area contributed by atoms with Gasteiger partial charge in [-0.25, -0.2) is 15.0 Å². The monoisotopic (exact) mass is 318 g/mol. The fourth-order valence-electron chi connectivity index (χ4n) is 2.37. The van der Waals surface area contributed by atoms with Gasteiger partial charge in [0.05, 0.1) is 12.8 Å². The zero-order valence-electron chi connectivity index (χ0n) is 12.6. The highest BCUT2D eigenvalue weighted by molar-refractivity contribution is 7.13. The number of hydrogen-bond donors (Lipinski definition) is 0. The Hall–Kier alpha value is -1.86. The third-order valence-electron chi connectivity index (χ3n) is 3.71. The van der Waals surface area contributed by atoms with Gasteiger partial charge in [0.1, 0.15) is 6.04 Å². The van der Waals surface area contributed by atoms with Gasteiger partial charge in [0.15, 0.2) is 10.8 Å². The molecule has 0 unspecified atom stereocenters. The molecule has 6 nitrogen and oxygen atoms in total. The number of carbonyl (C=O) groups excluding carboxylic acids is 1. The molecule has 0 aliphatic heterocycles. The minimum Gasteiger partial charge on any atom is -0.468 e. The first-order valence-corrected chi connectivity index (χ1v) is 8.12. The van der Waals surface area contributed by atoms with Gasteiger partial charge in [0, 0.05) is 30.4 Å². The first-order chi connectivity index (χ1) is 10.7. The lowest BCUT2D eigenvalue weighted by Gasteiger charge is -2.26. The lowest BCUT2D eigenvalue weighted by molar-refractivity contribution is -0.146. The van der Waals surface area contributed by atoms with E-state index in [2.05, 4.69) is 19.9 Å². The van der Waals surface area contributed by atoms with Crippen LogP contribution in [-0.2, 0) is 16.1 Å². The van der Waals surface area contributed by atoms with Crippen molar-refractivity contribution < 1.29 is 9.53 Å². The Morgan fingerprint density at radius 1 is 1.45 bits per heavy atom. The van der Waals surface area contributed by atoms with Crippen LogP contribution in [0.1, 0.15) is 25.5 Å². The van der Waals surface area contributed by atoms with Crippen molar-refractivity contribution in [3.63, 3.8) is 0 Å². The maximum Gasteiger partial charge on any atom is 0.322 e. The van der Waals surface area contributed by atoms with E-state index in [-0.39, 0.29) is 12.0 Å². The summed E-state index contributed by atoms with van der Waals surface area (Å²) in [5.41, 5.74) is 0.940. The van der Waals surface area contributed by atoms with Crippen LogP contribution < -0.4 is 0 Å². The van der Waals surface area contributed by atoms with E-state index in [1.54, 1.807) is 18.5 Å². The van der Waals surface area contributed by atoms with Crippen molar-refractivity contribution in [1.29, 1.82) is 0 Å². The standard InChI is InChI=1S/C15H18N4O2S/c1-10(15(20)21-2)19(12-4-5-12)8-11-9-22-14(18-11)13-16-6-3-7-17-13/h3,6-7,9-10,12H,4-5,8H2,1-2H3/t10-/m1/s1. The number of esters is 1. The minimum atomic E-state index is -0.254. The summed E-state index contributed by atoms with van der Waals surface area (Å²) in [6.07, 6.45) is 5.67. The maximum atomic E-state index is 11.8. The van der Waals surface area contributed by atoms with Crippen LogP contribution in [0.15, 0.2) is 23.8 Å². The molecule has 0 saturated heterocycles. The number of hydrogen-bond acceptors (Lipinski definition) is 7. The molecule has 22 heavy (non-hydrogen) atoms. The number of rotatable bonds is 6. The third kappa shape index (κ3) is 3.31. The molecule has 1 saturated carbocycles. The average molecular weight is 318 g/mol. The van der Waals surface area contributed by atoms with E-state index in [0.717, 1.165) is 23.5 Å². The summed E-state index contributed by atoms with van der Waals surface area (Å²) in [6, 6.07) is 1.98. The molecular formula is C15H18N4O2S. The molecule has 2 aromatic heterocycles. The summed E-state index contributed by atoms with van der Waals surface area (Å²) in [6.45, 7) is 2.53. The lowest BCUT2D eigenvalue weighted by atomic mass is 10.2. The van der Waals surface area contributed by atoms with Crippen LogP contribution in [0.3, 0.4) is 0 Å². The van der Waals surface area contributed by atoms with Crippen LogP contribution in [0, 0.1) is 0 Å². The highest BCUT2D eigenvalue weighted by atomic mass is 32.1. The van der Waals surface area contributed by atoms with Gasteiger partial charge in [-0.3, -0.25) is 9.69 Å². The molecule has 2 aromatic rings. The number of nitrogens with zero attached hydrogens (tertiary/aromatic N) is 4. The quantitative estimate of drug-likeness (QED) is 0.760. The Morgan fingerprint density at radius 3 is 2.82 bits per heavy atom. The second-order valence-electron chi connectivity index (χ2n) is 5.32. The van der Waals surface area contributed by atoms with Crippen LogP contribution in [-0.4, -0.2) is 45.0 Å². The van der Waals surface area contributed by atoms with Crippen LogP contribution >= 0.6 is 11.3 Å². The number of aromatic nitrogens is 3. The number of ether oxygens (including phenoxy) is 1. The zero-order valence-corrected chi connectivity index (χ0v) is 13.4. The number of thiazole rings is 1. The van der Waals surface area contributed by atoms with E-state index >= 15 is 0 Å². The van der Waals surface area contributed by atoms with Gasteiger partial charge in [0.25, 0.3) is 0 Å². The second kappa shape index (κ2) is 6.50. The van der Waals surface area contributed by atoms with E-state index in [1.807, 2.05) is 12.3 Å². The maximum absolute atomic E-state index is 11.8. The van der Waals surface area contributed by atoms with E-state index in [1.165, 1.54) is 18.4 Å². The van der Waals surface area contributed by atoms with Crippen molar-refractivity contribution in [3.8, 4) is 10.8 Å². The van der Waals surface area contributed by atoms with E-state index in [4.69, 9.17) is 4.74 Å². The van der Waals surface area contributed by atoms with Gasteiger partial charge < -0.3 is 4.74 Å². The Morgan fingerprint density at radius 2 is 2.18 bits per heavy atom. The van der Waals surface area contributed by atoms with Crippen LogP contribution in [0.4, 0.5) is 0 Å². The molecule has 1 aliphatic rings. The molecule has 1 fully saturated rings. The molecule has 1 aliphatic carbocycles. The molecule has 7 heteroatoms. The SMILES string of the molecule is COC(=O)[C@@H](C)N(Cc1csc(-c2ncccn2)n1)C1CC1. The summed E-state index contributed by atoms with van der Waals surface area (Å²) >= 11 is 1.52. The Bertz CT molecular complexity index is 642. The first-order valence-electron chi connectivity index (χ1n) is 7.24.